The number of hydrogen-bond donors (Lipinski definition) is 2. The number of benzene rings is 2. The molecule has 2 heterocycles. The summed E-state index contributed by atoms with van der Waals surface area (Å²) in [5.41, 5.74) is 3.55. The lowest BCUT2D eigenvalue weighted by Gasteiger charge is -2.07. The van der Waals surface area contributed by atoms with Crippen LogP contribution in [0.15, 0.2) is 66.9 Å². The molecule has 0 radical (unpaired) electrons. The second-order valence-corrected chi connectivity index (χ2v) is 7.09. The molecule has 0 aliphatic heterocycles. The first-order chi connectivity index (χ1) is 15.0. The average molecular weight is 418 g/mol. The van der Waals surface area contributed by atoms with Gasteiger partial charge in [-0.05, 0) is 54.8 Å². The van der Waals surface area contributed by atoms with Crippen LogP contribution < -0.4 is 5.32 Å². The predicted octanol–water partition coefficient (Wildman–Crippen LogP) is 5.24. The molecule has 0 fully saturated rings. The van der Waals surface area contributed by atoms with Crippen LogP contribution in [0.4, 0.5) is 15.8 Å². The summed E-state index contributed by atoms with van der Waals surface area (Å²) in [4.78, 5) is 30.4. The van der Waals surface area contributed by atoms with E-state index in [0.29, 0.717) is 18.5 Å². The van der Waals surface area contributed by atoms with Crippen molar-refractivity contribution < 1.29 is 14.1 Å². The minimum absolute atomic E-state index is 0.0846. The third kappa shape index (κ3) is 4.58. The third-order valence-electron chi connectivity index (χ3n) is 4.96. The molecule has 0 saturated heterocycles. The first kappa shape index (κ1) is 20.2. The van der Waals surface area contributed by atoms with Crippen molar-refractivity contribution in [2.24, 2.45) is 0 Å². The van der Waals surface area contributed by atoms with Gasteiger partial charge in [-0.2, -0.15) is 0 Å². The van der Waals surface area contributed by atoms with Gasteiger partial charge in [-0.15, -0.1) is 0 Å². The van der Waals surface area contributed by atoms with E-state index in [4.69, 9.17) is 0 Å². The van der Waals surface area contributed by atoms with Crippen LogP contribution in [0.2, 0.25) is 0 Å². The Morgan fingerprint density at radius 1 is 1.13 bits per heavy atom. The Morgan fingerprint density at radius 3 is 2.77 bits per heavy atom. The number of nitro benzene ring substituents is 1. The lowest BCUT2D eigenvalue weighted by molar-refractivity contribution is -0.384. The number of aryl methyl sites for hydroxylation is 1. The number of fused-ring (bicyclic) bond motifs is 1. The van der Waals surface area contributed by atoms with E-state index >= 15 is 0 Å². The molecule has 8 heteroatoms. The van der Waals surface area contributed by atoms with Gasteiger partial charge in [-0.1, -0.05) is 12.1 Å². The molecular weight excluding hydrogens is 399 g/mol. The van der Waals surface area contributed by atoms with E-state index in [-0.39, 0.29) is 23.8 Å². The van der Waals surface area contributed by atoms with E-state index in [1.165, 1.54) is 30.3 Å². The fraction of sp³-hybridized carbons (Fsp3) is 0.130. The number of rotatable bonds is 7. The SMILES string of the molecule is O=C(CCCc1c(-c2ccccn2)[nH]c2ccc(F)cc12)Nc1cccc([N+](=O)[O-])c1. The van der Waals surface area contributed by atoms with Crippen LogP contribution in [0.1, 0.15) is 18.4 Å². The number of pyridine rings is 1. The standard InChI is InChI=1S/C23H19FN4O3/c24-15-10-11-20-19(13-15)18(23(27-20)21-8-1-2-12-25-21)7-4-9-22(29)26-16-5-3-6-17(14-16)28(30)31/h1-3,5-6,8,10-14,27H,4,7,9H2,(H,26,29). The number of H-pyrrole nitrogens is 1. The molecule has 156 valence electrons. The van der Waals surface area contributed by atoms with E-state index < -0.39 is 4.92 Å². The predicted molar refractivity (Wildman–Crippen MR) is 116 cm³/mol. The number of non-ortho nitro benzene ring substituents is 1. The van der Waals surface area contributed by atoms with Crippen molar-refractivity contribution in [3.05, 3.63) is 88.4 Å². The van der Waals surface area contributed by atoms with Crippen LogP contribution in [-0.2, 0) is 11.2 Å². The molecule has 31 heavy (non-hydrogen) atoms. The minimum atomic E-state index is -0.509. The van der Waals surface area contributed by atoms with Gasteiger partial charge in [0.05, 0.1) is 16.3 Å². The van der Waals surface area contributed by atoms with Gasteiger partial charge in [0, 0.05) is 41.3 Å². The first-order valence-electron chi connectivity index (χ1n) is 9.77. The van der Waals surface area contributed by atoms with Crippen LogP contribution >= 0.6 is 0 Å². The minimum Gasteiger partial charge on any atom is -0.353 e. The third-order valence-corrected chi connectivity index (χ3v) is 4.96. The highest BCUT2D eigenvalue weighted by atomic mass is 19.1. The zero-order chi connectivity index (χ0) is 21.8. The zero-order valence-electron chi connectivity index (χ0n) is 16.5. The maximum absolute atomic E-state index is 13.9. The molecule has 2 N–H and O–H groups in total. The van der Waals surface area contributed by atoms with Crippen molar-refractivity contribution in [3.63, 3.8) is 0 Å². The molecular formula is C23H19FN4O3. The lowest BCUT2D eigenvalue weighted by atomic mass is 10.0. The second kappa shape index (κ2) is 8.74. The van der Waals surface area contributed by atoms with Gasteiger partial charge in [-0.3, -0.25) is 19.9 Å². The number of nitro groups is 1. The van der Waals surface area contributed by atoms with Gasteiger partial charge in [0.25, 0.3) is 5.69 Å². The Kier molecular flexibility index (Phi) is 5.70. The Bertz CT molecular complexity index is 1250. The largest absolute Gasteiger partial charge is 0.353 e. The number of aromatic nitrogens is 2. The molecule has 0 aliphatic rings. The number of halogens is 1. The van der Waals surface area contributed by atoms with Gasteiger partial charge in [-0.25, -0.2) is 4.39 Å². The summed E-state index contributed by atoms with van der Waals surface area (Å²) in [7, 11) is 0. The molecule has 2 aromatic carbocycles. The number of nitrogens with one attached hydrogen (secondary N) is 2. The highest BCUT2D eigenvalue weighted by Gasteiger charge is 2.15. The van der Waals surface area contributed by atoms with Gasteiger partial charge in [0.1, 0.15) is 5.82 Å². The molecule has 0 saturated carbocycles. The molecule has 2 aromatic heterocycles. The van der Waals surface area contributed by atoms with Crippen LogP contribution in [0.25, 0.3) is 22.3 Å². The Morgan fingerprint density at radius 2 is 2.00 bits per heavy atom. The summed E-state index contributed by atoms with van der Waals surface area (Å²) >= 11 is 0. The quantitative estimate of drug-likeness (QED) is 0.317. The molecule has 4 rings (SSSR count). The fourth-order valence-corrected chi connectivity index (χ4v) is 3.56. The summed E-state index contributed by atoms with van der Waals surface area (Å²) in [5, 5.41) is 14.3. The molecule has 0 aliphatic carbocycles. The fourth-order valence-electron chi connectivity index (χ4n) is 3.56. The van der Waals surface area contributed by atoms with Gasteiger partial charge < -0.3 is 10.3 Å². The van der Waals surface area contributed by atoms with Crippen molar-refractivity contribution in [2.45, 2.75) is 19.3 Å². The molecule has 0 spiro atoms. The van der Waals surface area contributed by atoms with E-state index in [1.54, 1.807) is 18.3 Å². The number of anilines is 1. The van der Waals surface area contributed by atoms with Gasteiger partial charge >= 0.3 is 0 Å². The summed E-state index contributed by atoms with van der Waals surface area (Å²) in [6.07, 6.45) is 2.96. The van der Waals surface area contributed by atoms with Gasteiger partial charge in [0.2, 0.25) is 5.91 Å². The number of carbonyl (C=O) groups is 1. The van der Waals surface area contributed by atoms with E-state index in [1.807, 2.05) is 18.2 Å². The normalized spacial score (nSPS) is 10.9. The first-order valence-corrected chi connectivity index (χ1v) is 9.77. The summed E-state index contributed by atoms with van der Waals surface area (Å²) < 4.78 is 13.9. The molecule has 1 amide bonds. The highest BCUT2D eigenvalue weighted by molar-refractivity contribution is 5.92. The van der Waals surface area contributed by atoms with Crippen molar-refractivity contribution in [1.29, 1.82) is 0 Å². The maximum atomic E-state index is 13.9. The topological polar surface area (TPSA) is 101 Å². The number of carbonyl (C=O) groups excluding carboxylic acids is 1. The van der Waals surface area contributed by atoms with Gasteiger partial charge in [0.15, 0.2) is 0 Å². The molecule has 4 aromatic rings. The van der Waals surface area contributed by atoms with E-state index in [2.05, 4.69) is 15.3 Å². The average Bonchev–Trinajstić information content (AvgIpc) is 3.12. The number of aromatic amines is 1. The Hall–Kier alpha value is -4.07. The van der Waals surface area contributed by atoms with Crippen LogP contribution in [0.5, 0.6) is 0 Å². The monoisotopic (exact) mass is 418 g/mol. The summed E-state index contributed by atoms with van der Waals surface area (Å²) in [6.45, 7) is 0. The second-order valence-electron chi connectivity index (χ2n) is 7.09. The van der Waals surface area contributed by atoms with Crippen LogP contribution in [0.3, 0.4) is 0 Å². The van der Waals surface area contributed by atoms with E-state index in [9.17, 15) is 19.3 Å². The summed E-state index contributed by atoms with van der Waals surface area (Å²) in [6, 6.07) is 16.0. The number of hydrogen-bond acceptors (Lipinski definition) is 4. The highest BCUT2D eigenvalue weighted by Crippen LogP contribution is 2.31. The summed E-state index contributed by atoms with van der Waals surface area (Å²) in [5.74, 6) is -0.574. The molecule has 0 bridgehead atoms. The van der Waals surface area contributed by atoms with Crippen LogP contribution in [0, 0.1) is 15.9 Å². The van der Waals surface area contributed by atoms with E-state index in [0.717, 1.165) is 27.9 Å². The van der Waals surface area contributed by atoms with Crippen LogP contribution in [-0.4, -0.2) is 20.8 Å². The number of amides is 1. The van der Waals surface area contributed by atoms with Crippen molar-refractivity contribution in [2.75, 3.05) is 5.32 Å². The molecule has 0 atom stereocenters. The molecule has 7 nitrogen and oxygen atoms in total. The van der Waals surface area contributed by atoms with Crippen molar-refractivity contribution in [1.82, 2.24) is 9.97 Å². The maximum Gasteiger partial charge on any atom is 0.271 e. The molecule has 0 unspecified atom stereocenters. The smallest absolute Gasteiger partial charge is 0.271 e. The Balaban J connectivity index is 1.50. The number of nitrogens with zero attached hydrogens (tertiary/aromatic N) is 2. The lowest BCUT2D eigenvalue weighted by Crippen LogP contribution is -2.11. The van der Waals surface area contributed by atoms with Crippen molar-refractivity contribution >= 4 is 28.2 Å². The van der Waals surface area contributed by atoms with Crippen molar-refractivity contribution in [3.8, 4) is 11.4 Å². The Labute approximate surface area is 177 Å². The zero-order valence-corrected chi connectivity index (χ0v) is 16.5.